The molecule has 0 aliphatic carbocycles. The molecule has 0 radical (unpaired) electrons. The normalized spacial score (nSPS) is 23.8. The van der Waals surface area contributed by atoms with Crippen molar-refractivity contribution in [1.29, 1.82) is 0 Å². The first-order valence-corrected chi connectivity index (χ1v) is 6.13. The van der Waals surface area contributed by atoms with Crippen molar-refractivity contribution in [2.24, 2.45) is 5.41 Å². The highest BCUT2D eigenvalue weighted by Gasteiger charge is 2.48. The minimum Gasteiger partial charge on any atom is -0.448 e. The molecule has 1 aliphatic heterocycles. The summed E-state index contributed by atoms with van der Waals surface area (Å²) >= 11 is 0. The van der Waals surface area contributed by atoms with Crippen LogP contribution in [-0.4, -0.2) is 17.3 Å². The molecule has 3 nitrogen and oxygen atoms in total. The zero-order chi connectivity index (χ0) is 14.4. The summed E-state index contributed by atoms with van der Waals surface area (Å²) in [6.45, 7) is 7.55. The molecule has 1 aliphatic rings. The Kier molecular flexibility index (Phi) is 3.21. The lowest BCUT2D eigenvalue weighted by atomic mass is 9.87. The summed E-state index contributed by atoms with van der Waals surface area (Å²) in [5.41, 5.74) is -0.292. The topological polar surface area (TPSA) is 38.7 Å². The van der Waals surface area contributed by atoms with E-state index in [1.807, 2.05) is 20.8 Å². The van der Waals surface area contributed by atoms with Gasteiger partial charge in [0.25, 0.3) is 12.2 Å². The fourth-order valence-electron chi connectivity index (χ4n) is 1.82. The molecule has 0 amide bonds. The van der Waals surface area contributed by atoms with E-state index in [1.54, 1.807) is 19.1 Å². The molecule has 0 saturated heterocycles. The molecule has 1 aromatic carbocycles. The molecular formula is C14H18F2O3. The first-order chi connectivity index (χ1) is 8.66. The first-order valence-electron chi connectivity index (χ1n) is 6.13. The second-order valence-corrected chi connectivity index (χ2v) is 5.85. The van der Waals surface area contributed by atoms with E-state index >= 15 is 0 Å². The largest absolute Gasteiger partial charge is 0.448 e. The summed E-state index contributed by atoms with van der Waals surface area (Å²) in [4.78, 5) is 0. The van der Waals surface area contributed by atoms with Crippen LogP contribution in [0.25, 0.3) is 0 Å². The Labute approximate surface area is 111 Å². The molecule has 1 N–H and O–H groups in total. The maximum Gasteiger partial charge on any atom is 0.268 e. The number of hydrogen-bond acceptors (Lipinski definition) is 3. The van der Waals surface area contributed by atoms with Gasteiger partial charge in [0.1, 0.15) is 6.10 Å². The van der Waals surface area contributed by atoms with E-state index in [0.717, 1.165) is 0 Å². The highest BCUT2D eigenvalue weighted by molar-refractivity contribution is 5.50. The van der Waals surface area contributed by atoms with Gasteiger partial charge in [0, 0.05) is 17.9 Å². The minimum absolute atomic E-state index is 0.0560. The van der Waals surface area contributed by atoms with E-state index in [2.05, 4.69) is 0 Å². The van der Waals surface area contributed by atoms with Crippen LogP contribution in [0.5, 0.6) is 11.5 Å². The van der Waals surface area contributed by atoms with Crippen molar-refractivity contribution < 1.29 is 23.4 Å². The second kappa shape index (κ2) is 4.34. The third-order valence-corrected chi connectivity index (χ3v) is 3.53. The predicted octanol–water partition coefficient (Wildman–Crippen LogP) is 3.52. The van der Waals surface area contributed by atoms with E-state index in [-0.39, 0.29) is 16.7 Å². The Morgan fingerprint density at radius 2 is 1.84 bits per heavy atom. The van der Waals surface area contributed by atoms with Gasteiger partial charge < -0.3 is 14.6 Å². The number of hydrogen-bond donors (Lipinski definition) is 1. The standard InChI is InChI=1S/C14H18F2O3/c1-13(2,3)14(4)18-9-7-5-6-8(11(9)19-14)10(17)12(15)16/h5-7,10,12,17H,1-4H3/t10-,14?/m0/s1. The van der Waals surface area contributed by atoms with Gasteiger partial charge in [-0.05, 0) is 6.07 Å². The number of fused-ring (bicyclic) bond motifs is 1. The van der Waals surface area contributed by atoms with Crippen LogP contribution in [0.2, 0.25) is 0 Å². The summed E-state index contributed by atoms with van der Waals surface area (Å²) in [5, 5.41) is 9.55. The molecule has 19 heavy (non-hydrogen) atoms. The molecule has 0 saturated carbocycles. The predicted molar refractivity (Wildman–Crippen MR) is 66.5 cm³/mol. The molecule has 1 aromatic rings. The minimum atomic E-state index is -2.86. The van der Waals surface area contributed by atoms with E-state index in [9.17, 15) is 13.9 Å². The average molecular weight is 272 g/mol. The number of halogens is 2. The first kappa shape index (κ1) is 14.1. The fraction of sp³-hybridized carbons (Fsp3) is 0.571. The van der Waals surface area contributed by atoms with Crippen molar-refractivity contribution in [3.05, 3.63) is 23.8 Å². The van der Waals surface area contributed by atoms with Gasteiger partial charge in [0.2, 0.25) is 0 Å². The van der Waals surface area contributed by atoms with Crippen LogP contribution in [0.4, 0.5) is 8.78 Å². The number of ether oxygens (including phenoxy) is 2. The Morgan fingerprint density at radius 1 is 1.21 bits per heavy atom. The maximum absolute atomic E-state index is 12.7. The smallest absolute Gasteiger partial charge is 0.268 e. The van der Waals surface area contributed by atoms with E-state index in [1.165, 1.54) is 6.07 Å². The molecule has 0 bridgehead atoms. The van der Waals surface area contributed by atoms with Gasteiger partial charge in [-0.1, -0.05) is 32.9 Å². The summed E-state index contributed by atoms with van der Waals surface area (Å²) in [7, 11) is 0. The number of benzene rings is 1. The third-order valence-electron chi connectivity index (χ3n) is 3.53. The molecule has 2 rings (SSSR count). The van der Waals surface area contributed by atoms with Crippen LogP contribution in [-0.2, 0) is 0 Å². The lowest BCUT2D eigenvalue weighted by molar-refractivity contribution is -0.143. The van der Waals surface area contributed by atoms with E-state index in [4.69, 9.17) is 9.47 Å². The van der Waals surface area contributed by atoms with Crippen LogP contribution in [0.1, 0.15) is 39.4 Å². The van der Waals surface area contributed by atoms with Gasteiger partial charge in [-0.3, -0.25) is 0 Å². The summed E-state index contributed by atoms with van der Waals surface area (Å²) in [6, 6.07) is 4.64. The number of para-hydroxylation sites is 1. The molecule has 106 valence electrons. The van der Waals surface area contributed by atoms with Gasteiger partial charge in [0.15, 0.2) is 11.5 Å². The lowest BCUT2D eigenvalue weighted by Crippen LogP contribution is -2.47. The molecule has 0 fully saturated rings. The molecule has 2 atom stereocenters. The Balaban J connectivity index is 2.42. The van der Waals surface area contributed by atoms with Crippen LogP contribution in [0, 0.1) is 5.41 Å². The van der Waals surface area contributed by atoms with Gasteiger partial charge >= 0.3 is 0 Å². The summed E-state index contributed by atoms with van der Waals surface area (Å²) in [6.07, 6.45) is -4.74. The SMILES string of the molecule is CC(C)(C)C1(C)Oc2cccc([C@H](O)C(F)F)c2O1. The third kappa shape index (κ3) is 2.27. The molecule has 0 aromatic heterocycles. The van der Waals surface area contributed by atoms with Crippen molar-refractivity contribution in [2.75, 3.05) is 0 Å². The van der Waals surface area contributed by atoms with Crippen molar-refractivity contribution in [2.45, 2.75) is 46.0 Å². The van der Waals surface area contributed by atoms with E-state index < -0.39 is 18.3 Å². The number of alkyl halides is 2. The zero-order valence-electron chi connectivity index (χ0n) is 11.4. The fourth-order valence-corrected chi connectivity index (χ4v) is 1.82. The zero-order valence-corrected chi connectivity index (χ0v) is 11.4. The molecule has 0 spiro atoms. The summed E-state index contributed by atoms with van der Waals surface area (Å²) < 4.78 is 36.8. The number of aliphatic hydroxyl groups is 1. The maximum atomic E-state index is 12.7. The van der Waals surface area contributed by atoms with Gasteiger partial charge in [0.05, 0.1) is 0 Å². The molecule has 1 unspecified atom stereocenters. The quantitative estimate of drug-likeness (QED) is 0.895. The number of rotatable bonds is 2. The Morgan fingerprint density at radius 3 is 2.37 bits per heavy atom. The Bertz CT molecular complexity index is 482. The van der Waals surface area contributed by atoms with E-state index in [0.29, 0.717) is 5.75 Å². The lowest BCUT2D eigenvalue weighted by Gasteiger charge is -2.36. The average Bonchev–Trinajstić information content (AvgIpc) is 2.64. The van der Waals surface area contributed by atoms with Crippen molar-refractivity contribution in [3.63, 3.8) is 0 Å². The van der Waals surface area contributed by atoms with Crippen LogP contribution in [0.3, 0.4) is 0 Å². The van der Waals surface area contributed by atoms with Crippen LogP contribution in [0.15, 0.2) is 18.2 Å². The number of aliphatic hydroxyl groups excluding tert-OH is 1. The summed E-state index contributed by atoms with van der Waals surface area (Å²) in [5.74, 6) is -0.366. The van der Waals surface area contributed by atoms with Crippen molar-refractivity contribution in [3.8, 4) is 11.5 Å². The van der Waals surface area contributed by atoms with Crippen molar-refractivity contribution in [1.82, 2.24) is 0 Å². The van der Waals surface area contributed by atoms with Crippen LogP contribution >= 0.6 is 0 Å². The highest BCUT2D eigenvalue weighted by Crippen LogP contribution is 2.49. The van der Waals surface area contributed by atoms with Gasteiger partial charge in [-0.15, -0.1) is 0 Å². The monoisotopic (exact) mass is 272 g/mol. The Hall–Kier alpha value is -1.36. The molecule has 5 heteroatoms. The second-order valence-electron chi connectivity index (χ2n) is 5.85. The van der Waals surface area contributed by atoms with Gasteiger partial charge in [-0.2, -0.15) is 0 Å². The van der Waals surface area contributed by atoms with Gasteiger partial charge in [-0.25, -0.2) is 8.78 Å². The molecular weight excluding hydrogens is 254 g/mol. The highest BCUT2D eigenvalue weighted by atomic mass is 19.3. The van der Waals surface area contributed by atoms with Crippen molar-refractivity contribution >= 4 is 0 Å². The molecule has 1 heterocycles. The van der Waals surface area contributed by atoms with Crippen LogP contribution < -0.4 is 9.47 Å².